The van der Waals surface area contributed by atoms with Gasteiger partial charge < -0.3 is 0 Å². The minimum Gasteiger partial charge on any atom is -0.0843 e. The van der Waals surface area contributed by atoms with Gasteiger partial charge in [-0.25, -0.2) is 0 Å². The second-order valence-corrected chi connectivity index (χ2v) is 3.50. The third-order valence-corrected chi connectivity index (χ3v) is 2.48. The van der Waals surface area contributed by atoms with Gasteiger partial charge in [0, 0.05) is 5.02 Å². The summed E-state index contributed by atoms with van der Waals surface area (Å²) in [5.41, 5.74) is 4.17. The van der Waals surface area contributed by atoms with Gasteiger partial charge in [0.15, 0.2) is 0 Å². The molecule has 0 atom stereocenters. The van der Waals surface area contributed by atoms with Crippen molar-refractivity contribution in [3.8, 4) is 0 Å². The van der Waals surface area contributed by atoms with Crippen molar-refractivity contribution >= 4 is 11.6 Å². The van der Waals surface area contributed by atoms with E-state index in [1.807, 2.05) is 6.07 Å². The van der Waals surface area contributed by atoms with Gasteiger partial charge in [0.2, 0.25) is 0 Å². The molecule has 0 aliphatic heterocycles. The second kappa shape index (κ2) is 3.95. The lowest BCUT2D eigenvalue weighted by Crippen LogP contribution is -1.94. The Balaban J connectivity index is 3.24. The van der Waals surface area contributed by atoms with Gasteiger partial charge in [0.25, 0.3) is 0 Å². The maximum absolute atomic E-state index is 5.96. The predicted molar refractivity (Wildman–Crippen MR) is 54.9 cm³/mol. The summed E-state index contributed by atoms with van der Waals surface area (Å²) in [5, 5.41) is 0.863. The van der Waals surface area contributed by atoms with Gasteiger partial charge in [-0.05, 0) is 48.6 Å². The van der Waals surface area contributed by atoms with Crippen LogP contribution >= 0.6 is 11.6 Å². The van der Waals surface area contributed by atoms with Gasteiger partial charge in [0.05, 0.1) is 0 Å². The summed E-state index contributed by atoms with van der Waals surface area (Å²) in [6.07, 6.45) is 2.18. The molecule has 0 nitrogen and oxygen atoms in total. The molecule has 0 aliphatic carbocycles. The lowest BCUT2D eigenvalue weighted by Gasteiger charge is -2.09. The van der Waals surface area contributed by atoms with Crippen molar-refractivity contribution in [3.05, 3.63) is 33.8 Å². The lowest BCUT2D eigenvalue weighted by atomic mass is 9.98. The van der Waals surface area contributed by atoms with Crippen molar-refractivity contribution in [3.63, 3.8) is 0 Å². The Morgan fingerprint density at radius 1 is 1.17 bits per heavy atom. The van der Waals surface area contributed by atoms with Gasteiger partial charge in [-0.1, -0.05) is 25.4 Å². The van der Waals surface area contributed by atoms with Crippen molar-refractivity contribution in [1.29, 1.82) is 0 Å². The van der Waals surface area contributed by atoms with Gasteiger partial charge in [-0.3, -0.25) is 0 Å². The Hall–Kier alpha value is -0.490. The number of aryl methyl sites for hydroxylation is 2. The van der Waals surface area contributed by atoms with E-state index in [-0.39, 0.29) is 0 Å². The lowest BCUT2D eigenvalue weighted by molar-refractivity contribution is 1.02. The van der Waals surface area contributed by atoms with Crippen LogP contribution in [0.3, 0.4) is 0 Å². The summed E-state index contributed by atoms with van der Waals surface area (Å²) in [6, 6.07) is 4.12. The summed E-state index contributed by atoms with van der Waals surface area (Å²) in [6.45, 7) is 6.49. The van der Waals surface area contributed by atoms with E-state index in [2.05, 4.69) is 26.8 Å². The Morgan fingerprint density at radius 2 is 1.83 bits per heavy atom. The molecule has 0 unspecified atom stereocenters. The first kappa shape index (κ1) is 9.60. The summed E-state index contributed by atoms with van der Waals surface area (Å²) < 4.78 is 0. The van der Waals surface area contributed by atoms with Crippen LogP contribution in [0.15, 0.2) is 12.1 Å². The molecule has 0 amide bonds. The average Bonchev–Trinajstić information content (AvgIpc) is 2.03. The molecule has 1 rings (SSSR count). The fourth-order valence-electron chi connectivity index (χ4n) is 1.66. The molecule has 12 heavy (non-hydrogen) atoms. The molecule has 0 bridgehead atoms. The predicted octanol–water partition coefficient (Wildman–Crippen LogP) is 3.77. The Kier molecular flexibility index (Phi) is 3.16. The summed E-state index contributed by atoms with van der Waals surface area (Å²) >= 11 is 5.96. The van der Waals surface area contributed by atoms with E-state index >= 15 is 0 Å². The first-order chi connectivity index (χ1) is 5.69. The topological polar surface area (TPSA) is 0 Å². The van der Waals surface area contributed by atoms with E-state index in [0.717, 1.165) is 17.9 Å². The zero-order valence-electron chi connectivity index (χ0n) is 7.95. The maximum atomic E-state index is 5.96. The highest BCUT2D eigenvalue weighted by Crippen LogP contribution is 2.21. The maximum Gasteiger partial charge on any atom is 0.0411 e. The minimum absolute atomic E-state index is 0.863. The molecule has 0 aromatic heterocycles. The van der Waals surface area contributed by atoms with E-state index in [1.165, 1.54) is 16.7 Å². The SMILES string of the molecule is CCc1cc(Cl)cc(C)c1CC. The number of rotatable bonds is 2. The molecule has 0 fully saturated rings. The van der Waals surface area contributed by atoms with Crippen LogP contribution in [0.5, 0.6) is 0 Å². The normalized spacial score (nSPS) is 10.3. The highest BCUT2D eigenvalue weighted by molar-refractivity contribution is 6.30. The molecule has 0 N–H and O–H groups in total. The van der Waals surface area contributed by atoms with Crippen LogP contribution in [0.25, 0.3) is 0 Å². The summed E-state index contributed by atoms with van der Waals surface area (Å²) in [4.78, 5) is 0. The number of benzene rings is 1. The standard InChI is InChI=1S/C11H15Cl/c1-4-9-7-10(12)6-8(3)11(9)5-2/h6-7H,4-5H2,1-3H3. The van der Waals surface area contributed by atoms with Crippen molar-refractivity contribution in [1.82, 2.24) is 0 Å². The van der Waals surface area contributed by atoms with E-state index in [1.54, 1.807) is 0 Å². The molecule has 0 aliphatic rings. The van der Waals surface area contributed by atoms with Gasteiger partial charge >= 0.3 is 0 Å². The number of hydrogen-bond acceptors (Lipinski definition) is 0. The third-order valence-electron chi connectivity index (χ3n) is 2.26. The fourth-order valence-corrected chi connectivity index (χ4v) is 1.96. The van der Waals surface area contributed by atoms with Gasteiger partial charge in [-0.15, -0.1) is 0 Å². The van der Waals surface area contributed by atoms with Gasteiger partial charge in [-0.2, -0.15) is 0 Å². The zero-order valence-corrected chi connectivity index (χ0v) is 8.70. The Labute approximate surface area is 79.6 Å². The summed E-state index contributed by atoms with van der Waals surface area (Å²) in [7, 11) is 0. The highest BCUT2D eigenvalue weighted by atomic mass is 35.5. The molecular weight excluding hydrogens is 168 g/mol. The second-order valence-electron chi connectivity index (χ2n) is 3.07. The number of halogens is 1. The molecule has 0 spiro atoms. The third kappa shape index (κ3) is 1.81. The Morgan fingerprint density at radius 3 is 2.33 bits per heavy atom. The molecule has 1 aromatic carbocycles. The van der Waals surface area contributed by atoms with Gasteiger partial charge in [0.1, 0.15) is 0 Å². The van der Waals surface area contributed by atoms with E-state index in [9.17, 15) is 0 Å². The van der Waals surface area contributed by atoms with Crippen molar-refractivity contribution in [2.24, 2.45) is 0 Å². The van der Waals surface area contributed by atoms with Crippen molar-refractivity contribution in [2.75, 3.05) is 0 Å². The molecule has 0 saturated carbocycles. The molecule has 0 saturated heterocycles. The summed E-state index contributed by atoms with van der Waals surface area (Å²) in [5.74, 6) is 0. The van der Waals surface area contributed by atoms with E-state index < -0.39 is 0 Å². The molecular formula is C11H15Cl. The van der Waals surface area contributed by atoms with Crippen LogP contribution in [0.1, 0.15) is 30.5 Å². The number of hydrogen-bond donors (Lipinski definition) is 0. The van der Waals surface area contributed by atoms with Crippen LogP contribution in [0.2, 0.25) is 5.02 Å². The quantitative estimate of drug-likeness (QED) is 0.653. The largest absolute Gasteiger partial charge is 0.0843 e. The minimum atomic E-state index is 0.863. The molecule has 1 aromatic rings. The highest BCUT2D eigenvalue weighted by Gasteiger charge is 2.03. The van der Waals surface area contributed by atoms with Crippen LogP contribution in [0.4, 0.5) is 0 Å². The van der Waals surface area contributed by atoms with Crippen LogP contribution in [-0.4, -0.2) is 0 Å². The molecule has 1 heteroatoms. The van der Waals surface area contributed by atoms with E-state index in [0.29, 0.717) is 0 Å². The average molecular weight is 183 g/mol. The van der Waals surface area contributed by atoms with Crippen molar-refractivity contribution < 1.29 is 0 Å². The van der Waals surface area contributed by atoms with E-state index in [4.69, 9.17) is 11.6 Å². The first-order valence-corrected chi connectivity index (χ1v) is 4.84. The Bertz CT molecular complexity index is 277. The molecule has 66 valence electrons. The smallest absolute Gasteiger partial charge is 0.0411 e. The monoisotopic (exact) mass is 182 g/mol. The van der Waals surface area contributed by atoms with Crippen molar-refractivity contribution in [2.45, 2.75) is 33.6 Å². The van der Waals surface area contributed by atoms with Crippen LogP contribution < -0.4 is 0 Å². The molecule has 0 heterocycles. The van der Waals surface area contributed by atoms with Crippen LogP contribution in [0, 0.1) is 6.92 Å². The van der Waals surface area contributed by atoms with Crippen LogP contribution in [-0.2, 0) is 12.8 Å². The first-order valence-electron chi connectivity index (χ1n) is 4.47. The zero-order chi connectivity index (χ0) is 9.14. The molecule has 0 radical (unpaired) electrons. The fraction of sp³-hybridized carbons (Fsp3) is 0.455.